The van der Waals surface area contributed by atoms with E-state index in [1.165, 1.54) is 0 Å². The highest BCUT2D eigenvalue weighted by Crippen LogP contribution is 2.33. The smallest absolute Gasteiger partial charge is 0.230 e. The number of imide groups is 1. The second kappa shape index (κ2) is 10.1. The molecule has 1 aliphatic heterocycles. The third-order valence-electron chi connectivity index (χ3n) is 3.78. The lowest BCUT2D eigenvalue weighted by molar-refractivity contribution is -0.311. The summed E-state index contributed by atoms with van der Waals surface area (Å²) in [5.41, 5.74) is 8.91. The fraction of sp³-hybridized carbons (Fsp3) is 0.438. The van der Waals surface area contributed by atoms with Crippen LogP contribution < -0.4 is 5.11 Å². The maximum absolute atomic E-state index is 11.7. The standard InChI is InChI=1S/C16H18N4O4S2/c17-19-18-11-4-6-12(7-5-11)26-25-10-2-1-3-13(16(23)24)20-14(21)8-9-15(20)22/h4-7,13H,1-3,8-10H2,(H,23,24)/p-1. The molecule has 8 nitrogen and oxygen atoms in total. The molecule has 0 bridgehead atoms. The van der Waals surface area contributed by atoms with Gasteiger partial charge in [-0.3, -0.25) is 14.5 Å². The Morgan fingerprint density at radius 3 is 2.46 bits per heavy atom. The zero-order valence-corrected chi connectivity index (χ0v) is 15.5. The van der Waals surface area contributed by atoms with Gasteiger partial charge in [-0.05, 0) is 30.5 Å². The van der Waals surface area contributed by atoms with Crippen LogP contribution in [0.2, 0.25) is 0 Å². The van der Waals surface area contributed by atoms with Crippen LogP contribution in [0.25, 0.3) is 10.4 Å². The van der Waals surface area contributed by atoms with Gasteiger partial charge >= 0.3 is 0 Å². The number of carboxylic acids is 1. The number of benzene rings is 1. The van der Waals surface area contributed by atoms with Crippen LogP contribution in [-0.4, -0.2) is 34.5 Å². The Morgan fingerprint density at radius 1 is 1.23 bits per heavy atom. The van der Waals surface area contributed by atoms with Gasteiger partial charge in [0.25, 0.3) is 0 Å². The molecule has 1 atom stereocenters. The van der Waals surface area contributed by atoms with E-state index in [1.54, 1.807) is 33.7 Å². The molecule has 0 saturated carbocycles. The summed E-state index contributed by atoms with van der Waals surface area (Å²) in [6.07, 6.45) is 1.71. The predicted octanol–water partition coefficient (Wildman–Crippen LogP) is 2.81. The first-order valence-electron chi connectivity index (χ1n) is 8.03. The summed E-state index contributed by atoms with van der Waals surface area (Å²) in [5.74, 6) is -1.45. The third kappa shape index (κ3) is 5.69. The number of aliphatic carboxylic acids is 1. The molecule has 1 unspecified atom stereocenters. The molecule has 1 saturated heterocycles. The van der Waals surface area contributed by atoms with Crippen molar-refractivity contribution in [1.29, 1.82) is 0 Å². The molecule has 2 amide bonds. The van der Waals surface area contributed by atoms with Crippen molar-refractivity contribution in [2.24, 2.45) is 5.11 Å². The molecule has 1 fully saturated rings. The molecule has 26 heavy (non-hydrogen) atoms. The molecule has 10 heteroatoms. The number of hydrogen-bond donors (Lipinski definition) is 0. The Kier molecular flexibility index (Phi) is 7.83. The SMILES string of the molecule is [N-]=[N+]=Nc1ccc(SSCCCCC(C(=O)[O-])N2C(=O)CCC2=O)cc1. The number of azide groups is 1. The third-order valence-corrected chi connectivity index (χ3v) is 6.25. The molecule has 1 aromatic carbocycles. The van der Waals surface area contributed by atoms with Crippen molar-refractivity contribution >= 4 is 45.1 Å². The molecule has 1 aliphatic rings. The van der Waals surface area contributed by atoms with Crippen molar-refractivity contribution in [1.82, 2.24) is 4.90 Å². The molecule has 0 N–H and O–H groups in total. The van der Waals surface area contributed by atoms with E-state index < -0.39 is 23.8 Å². The van der Waals surface area contributed by atoms with Crippen molar-refractivity contribution in [2.75, 3.05) is 5.75 Å². The van der Waals surface area contributed by atoms with Gasteiger partial charge < -0.3 is 9.90 Å². The van der Waals surface area contributed by atoms with E-state index >= 15 is 0 Å². The van der Waals surface area contributed by atoms with Gasteiger partial charge in [-0.25, -0.2) is 0 Å². The summed E-state index contributed by atoms with van der Waals surface area (Å²) in [6.45, 7) is 0. The van der Waals surface area contributed by atoms with Gasteiger partial charge in [0.15, 0.2) is 0 Å². The summed E-state index contributed by atoms with van der Waals surface area (Å²) in [5, 5.41) is 14.8. The van der Waals surface area contributed by atoms with Gasteiger partial charge in [0.2, 0.25) is 11.8 Å². The van der Waals surface area contributed by atoms with E-state index in [4.69, 9.17) is 5.53 Å². The van der Waals surface area contributed by atoms with Crippen molar-refractivity contribution < 1.29 is 19.5 Å². The van der Waals surface area contributed by atoms with Gasteiger partial charge in [-0.1, -0.05) is 45.3 Å². The number of carbonyl (C=O) groups is 3. The molecule has 1 heterocycles. The predicted molar refractivity (Wildman–Crippen MR) is 97.3 cm³/mol. The largest absolute Gasteiger partial charge is 0.548 e. The summed E-state index contributed by atoms with van der Waals surface area (Å²) in [7, 11) is 3.19. The average molecular weight is 393 g/mol. The second-order valence-corrected chi connectivity index (χ2v) is 8.07. The monoisotopic (exact) mass is 393 g/mol. The van der Waals surface area contributed by atoms with Crippen molar-refractivity contribution in [3.8, 4) is 0 Å². The maximum Gasteiger partial charge on any atom is 0.230 e. The van der Waals surface area contributed by atoms with E-state index in [2.05, 4.69) is 10.0 Å². The number of carboxylic acid groups (broad SMARTS) is 1. The summed E-state index contributed by atoms with van der Waals surface area (Å²) in [6, 6.07) is 6.02. The van der Waals surface area contributed by atoms with Gasteiger partial charge in [-0.2, -0.15) is 0 Å². The molecule has 2 rings (SSSR count). The Bertz CT molecular complexity index is 703. The van der Waals surface area contributed by atoms with Gasteiger partial charge in [0.1, 0.15) is 0 Å². The number of likely N-dealkylation sites (tertiary alicyclic amines) is 1. The second-order valence-electron chi connectivity index (χ2n) is 5.58. The minimum atomic E-state index is -1.38. The fourth-order valence-electron chi connectivity index (χ4n) is 2.52. The number of nitrogens with zero attached hydrogens (tertiary/aromatic N) is 4. The first-order chi connectivity index (χ1) is 12.5. The van der Waals surface area contributed by atoms with Crippen LogP contribution >= 0.6 is 21.6 Å². The lowest BCUT2D eigenvalue weighted by Crippen LogP contribution is -2.50. The molecular weight excluding hydrogens is 376 g/mol. The minimum absolute atomic E-state index is 0.0770. The fourth-order valence-corrected chi connectivity index (χ4v) is 4.66. The summed E-state index contributed by atoms with van der Waals surface area (Å²) in [4.78, 5) is 39.2. The summed E-state index contributed by atoms with van der Waals surface area (Å²) < 4.78 is 0. The lowest BCUT2D eigenvalue weighted by atomic mass is 10.1. The highest BCUT2D eigenvalue weighted by molar-refractivity contribution is 8.76. The van der Waals surface area contributed by atoms with Crippen LogP contribution in [0, 0.1) is 0 Å². The number of rotatable bonds is 10. The molecule has 138 valence electrons. The topological polar surface area (TPSA) is 126 Å². The molecule has 0 aliphatic carbocycles. The zero-order valence-electron chi connectivity index (χ0n) is 13.9. The number of amides is 2. The normalized spacial score (nSPS) is 15.0. The van der Waals surface area contributed by atoms with E-state index in [0.717, 1.165) is 22.0 Å². The lowest BCUT2D eigenvalue weighted by Gasteiger charge is -2.26. The maximum atomic E-state index is 11.7. The first-order valence-corrected chi connectivity index (χ1v) is 10.3. The molecule has 0 radical (unpaired) electrons. The van der Waals surface area contributed by atoms with Crippen molar-refractivity contribution in [3.05, 3.63) is 34.7 Å². The van der Waals surface area contributed by atoms with Crippen LogP contribution in [0.15, 0.2) is 34.3 Å². The number of carbonyl (C=O) groups excluding carboxylic acids is 3. The van der Waals surface area contributed by atoms with Crippen LogP contribution in [0.4, 0.5) is 5.69 Å². The minimum Gasteiger partial charge on any atom is -0.548 e. The van der Waals surface area contributed by atoms with Crippen molar-refractivity contribution in [2.45, 2.75) is 43.0 Å². The summed E-state index contributed by atoms with van der Waals surface area (Å²) >= 11 is 0. The van der Waals surface area contributed by atoms with Crippen LogP contribution in [0.3, 0.4) is 0 Å². The Balaban J connectivity index is 1.70. The van der Waals surface area contributed by atoms with Crippen molar-refractivity contribution in [3.63, 3.8) is 0 Å². The average Bonchev–Trinajstić information content (AvgIpc) is 2.94. The van der Waals surface area contributed by atoms with Crippen LogP contribution in [0.1, 0.15) is 32.1 Å². The molecule has 0 spiro atoms. The highest BCUT2D eigenvalue weighted by atomic mass is 33.1. The Morgan fingerprint density at radius 2 is 1.88 bits per heavy atom. The highest BCUT2D eigenvalue weighted by Gasteiger charge is 2.35. The van der Waals surface area contributed by atoms with E-state index in [9.17, 15) is 19.5 Å². The quantitative estimate of drug-likeness (QED) is 0.150. The zero-order chi connectivity index (χ0) is 18.9. The van der Waals surface area contributed by atoms with E-state index in [-0.39, 0.29) is 19.3 Å². The molecule has 0 aromatic heterocycles. The van der Waals surface area contributed by atoms with Gasteiger partial charge in [-0.15, -0.1) is 0 Å². The first kappa shape index (κ1) is 20.2. The molecular formula is C16H17N4O4S2-. The Hall–Kier alpha value is -2.16. The van der Waals surface area contributed by atoms with Gasteiger partial charge in [0, 0.05) is 34.1 Å². The van der Waals surface area contributed by atoms with E-state index in [0.29, 0.717) is 12.1 Å². The number of unbranched alkanes of at least 4 members (excludes halogenated alkanes) is 1. The molecule has 1 aromatic rings. The van der Waals surface area contributed by atoms with Crippen LogP contribution in [-0.2, 0) is 14.4 Å². The number of hydrogen-bond acceptors (Lipinski definition) is 7. The van der Waals surface area contributed by atoms with Gasteiger partial charge in [0.05, 0.1) is 12.0 Å². The van der Waals surface area contributed by atoms with E-state index in [1.807, 2.05) is 12.1 Å². The Labute approximate surface area is 158 Å². The van der Waals surface area contributed by atoms with Crippen LogP contribution in [0.5, 0.6) is 0 Å².